The normalized spacial score (nSPS) is 22.9. The molecule has 3 rings (SSSR count). The number of rotatable bonds is 8. The summed E-state index contributed by atoms with van der Waals surface area (Å²) in [4.78, 5) is 13.8. The van der Waals surface area contributed by atoms with E-state index in [0.29, 0.717) is 17.6 Å². The molecule has 1 aliphatic rings. The summed E-state index contributed by atoms with van der Waals surface area (Å²) >= 11 is 0. The first-order valence-electron chi connectivity index (χ1n) is 11.2. The molecule has 0 fully saturated rings. The molecular weight excluding hydrogens is 415 g/mol. The van der Waals surface area contributed by atoms with Crippen molar-refractivity contribution in [2.45, 2.75) is 44.8 Å². The van der Waals surface area contributed by atoms with Gasteiger partial charge in [-0.25, -0.2) is 14.4 Å². The molecule has 5 N–H and O–H groups in total. The lowest BCUT2D eigenvalue weighted by atomic mass is 9.77. The van der Waals surface area contributed by atoms with Crippen LogP contribution in [0.15, 0.2) is 66.3 Å². The average molecular weight is 451 g/mol. The van der Waals surface area contributed by atoms with Gasteiger partial charge in [0.2, 0.25) is 0 Å². The lowest BCUT2D eigenvalue weighted by molar-refractivity contribution is 0.267. The summed E-state index contributed by atoms with van der Waals surface area (Å²) in [5.41, 5.74) is 17.3. The molecule has 2 unspecified atom stereocenters. The molecule has 6 nitrogen and oxygen atoms in total. The van der Waals surface area contributed by atoms with Crippen LogP contribution in [0.3, 0.4) is 0 Å². The first-order chi connectivity index (χ1) is 15.7. The van der Waals surface area contributed by atoms with Gasteiger partial charge in [0.1, 0.15) is 5.67 Å². The van der Waals surface area contributed by atoms with E-state index >= 15 is 4.39 Å². The van der Waals surface area contributed by atoms with Crippen molar-refractivity contribution in [3.8, 4) is 0 Å². The number of nitrogens with one attached hydrogen (secondary N) is 1. The second kappa shape index (κ2) is 10.3. The third-order valence-electron chi connectivity index (χ3n) is 6.07. The third-order valence-corrected chi connectivity index (χ3v) is 6.07. The minimum Gasteiger partial charge on any atom is -0.404 e. The van der Waals surface area contributed by atoms with Crippen molar-refractivity contribution < 1.29 is 4.39 Å². The highest BCUT2D eigenvalue weighted by Crippen LogP contribution is 2.44. The van der Waals surface area contributed by atoms with Gasteiger partial charge in [0, 0.05) is 30.8 Å². The third kappa shape index (κ3) is 5.49. The Labute approximate surface area is 195 Å². The van der Waals surface area contributed by atoms with Crippen molar-refractivity contribution >= 4 is 16.7 Å². The molecule has 0 radical (unpaired) electrons. The number of hydrogen-bond acceptors (Lipinski definition) is 5. The zero-order chi connectivity index (χ0) is 24.2. The Bertz CT molecular complexity index is 1130. The van der Waals surface area contributed by atoms with Gasteiger partial charge in [0.05, 0.1) is 11.8 Å². The van der Waals surface area contributed by atoms with E-state index in [1.54, 1.807) is 19.4 Å². The Morgan fingerprint density at radius 3 is 2.82 bits per heavy atom. The monoisotopic (exact) mass is 450 g/mol. The number of nitrogens with two attached hydrogens (primary N) is 2. The second-order valence-corrected chi connectivity index (χ2v) is 9.07. The van der Waals surface area contributed by atoms with Gasteiger partial charge in [-0.2, -0.15) is 0 Å². The topological polar surface area (TPSA) is 96.8 Å². The van der Waals surface area contributed by atoms with Crippen molar-refractivity contribution in [2.24, 2.45) is 11.5 Å². The SMILES string of the molecule is C=CCC(N)/C(=C\C/C=C1/C=C(c2cnc3nc[nH]c3c2C)C(C)(F)C/C1=C/N)CN(C)C. The van der Waals surface area contributed by atoms with Crippen LogP contribution in [0.5, 0.6) is 0 Å². The van der Waals surface area contributed by atoms with Gasteiger partial charge in [-0.3, -0.25) is 0 Å². The number of pyridine rings is 1. The van der Waals surface area contributed by atoms with Gasteiger partial charge in [-0.1, -0.05) is 18.2 Å². The number of aromatic amines is 1. The molecule has 0 amide bonds. The highest BCUT2D eigenvalue weighted by atomic mass is 19.1. The van der Waals surface area contributed by atoms with Crippen LogP contribution >= 0.6 is 0 Å². The van der Waals surface area contributed by atoms with Crippen LogP contribution in [0.25, 0.3) is 16.7 Å². The number of nitrogens with zero attached hydrogens (tertiary/aromatic N) is 3. The molecule has 1 aliphatic carbocycles. The fourth-order valence-corrected chi connectivity index (χ4v) is 4.31. The first-order valence-corrected chi connectivity index (χ1v) is 11.2. The molecule has 7 heteroatoms. The quantitative estimate of drug-likeness (QED) is 0.520. The van der Waals surface area contributed by atoms with Gasteiger partial charge in [0.25, 0.3) is 0 Å². The van der Waals surface area contributed by atoms with Gasteiger partial charge >= 0.3 is 0 Å². The van der Waals surface area contributed by atoms with Crippen LogP contribution < -0.4 is 11.5 Å². The molecule has 2 heterocycles. The van der Waals surface area contributed by atoms with E-state index in [2.05, 4.69) is 38.6 Å². The maximum Gasteiger partial charge on any atom is 0.177 e. The highest BCUT2D eigenvalue weighted by Gasteiger charge is 2.36. The predicted octanol–water partition coefficient (Wildman–Crippen LogP) is 4.33. The number of hydrogen-bond donors (Lipinski definition) is 3. The second-order valence-electron chi connectivity index (χ2n) is 9.07. The van der Waals surface area contributed by atoms with Crippen molar-refractivity contribution in [2.75, 3.05) is 20.6 Å². The van der Waals surface area contributed by atoms with Gasteiger partial charge in [-0.05, 0) is 80.9 Å². The minimum absolute atomic E-state index is 0.0748. The lowest BCUT2D eigenvalue weighted by Crippen LogP contribution is -2.29. The summed E-state index contributed by atoms with van der Waals surface area (Å²) < 4.78 is 15.8. The molecule has 2 atom stereocenters. The van der Waals surface area contributed by atoms with Crippen LogP contribution in [0.2, 0.25) is 0 Å². The maximum absolute atomic E-state index is 15.8. The summed E-state index contributed by atoms with van der Waals surface area (Å²) in [6, 6.07) is -0.0748. The minimum atomic E-state index is -1.57. The number of aryl methyl sites for hydroxylation is 1. The summed E-state index contributed by atoms with van der Waals surface area (Å²) in [6.07, 6.45) is 14.4. The van der Waals surface area contributed by atoms with Gasteiger partial charge in [0.15, 0.2) is 5.65 Å². The molecule has 176 valence electrons. The van der Waals surface area contributed by atoms with Gasteiger partial charge < -0.3 is 21.4 Å². The van der Waals surface area contributed by atoms with Crippen molar-refractivity contribution in [1.82, 2.24) is 19.9 Å². The number of halogens is 1. The van der Waals surface area contributed by atoms with E-state index in [-0.39, 0.29) is 12.5 Å². The fraction of sp³-hybridized carbons (Fsp3) is 0.385. The molecular formula is C26H35FN6. The van der Waals surface area contributed by atoms with E-state index in [9.17, 15) is 0 Å². The fourth-order valence-electron chi connectivity index (χ4n) is 4.31. The lowest BCUT2D eigenvalue weighted by Gasteiger charge is -2.31. The molecule has 0 bridgehead atoms. The number of fused-ring (bicyclic) bond motifs is 1. The number of likely N-dealkylation sites (N-methyl/N-ethyl adjacent to an activating group) is 1. The summed E-state index contributed by atoms with van der Waals surface area (Å²) in [5.74, 6) is 0. The predicted molar refractivity (Wildman–Crippen MR) is 135 cm³/mol. The Balaban J connectivity index is 2.01. The summed E-state index contributed by atoms with van der Waals surface area (Å²) in [5, 5.41) is 0. The Morgan fingerprint density at radius 1 is 1.39 bits per heavy atom. The largest absolute Gasteiger partial charge is 0.404 e. The smallest absolute Gasteiger partial charge is 0.177 e. The molecule has 0 spiro atoms. The summed E-state index contributed by atoms with van der Waals surface area (Å²) in [7, 11) is 4.04. The Morgan fingerprint density at radius 2 is 2.15 bits per heavy atom. The number of aromatic nitrogens is 3. The Hall–Kier alpha value is -3.03. The molecule has 0 saturated carbocycles. The van der Waals surface area contributed by atoms with E-state index in [0.717, 1.165) is 46.3 Å². The van der Waals surface area contributed by atoms with Crippen LogP contribution in [0.1, 0.15) is 37.3 Å². The van der Waals surface area contributed by atoms with E-state index in [1.807, 2.05) is 33.2 Å². The molecule has 0 aromatic carbocycles. The first kappa shape index (κ1) is 24.6. The van der Waals surface area contributed by atoms with E-state index in [1.165, 1.54) is 6.20 Å². The van der Waals surface area contributed by atoms with Crippen molar-refractivity contribution in [3.05, 3.63) is 77.5 Å². The van der Waals surface area contributed by atoms with Crippen LogP contribution in [-0.4, -0.2) is 52.2 Å². The van der Waals surface area contributed by atoms with Crippen LogP contribution in [0, 0.1) is 6.92 Å². The molecule has 0 aliphatic heterocycles. The van der Waals surface area contributed by atoms with Crippen molar-refractivity contribution in [3.63, 3.8) is 0 Å². The number of alkyl halides is 1. The van der Waals surface area contributed by atoms with E-state index < -0.39 is 5.67 Å². The highest BCUT2D eigenvalue weighted by molar-refractivity contribution is 5.86. The number of H-pyrrole nitrogens is 1. The van der Waals surface area contributed by atoms with Gasteiger partial charge in [-0.15, -0.1) is 6.58 Å². The summed E-state index contributed by atoms with van der Waals surface area (Å²) in [6.45, 7) is 8.13. The molecule has 33 heavy (non-hydrogen) atoms. The number of imidazole rings is 1. The molecule has 0 saturated heterocycles. The maximum atomic E-state index is 15.8. The van der Waals surface area contributed by atoms with E-state index in [4.69, 9.17) is 11.5 Å². The zero-order valence-corrected chi connectivity index (χ0v) is 20.0. The Kier molecular flexibility index (Phi) is 7.66. The zero-order valence-electron chi connectivity index (χ0n) is 20.0. The standard InChI is InChI=1S/C26H35FN6/c1-6-8-23(29)19(15-33(4)5)10-7-9-18-11-22(26(3,27)12-20(18)13-28)21-14-30-25-24(17(21)2)31-16-32-25/h6,9-11,13-14,16,23H,1,7-8,12,15,28-29H2,2-5H3,(H,30,31,32)/b18-9-,19-10-,20-13-. The van der Waals surface area contributed by atoms with Crippen LogP contribution in [-0.2, 0) is 0 Å². The molecule has 2 aromatic rings. The van der Waals surface area contributed by atoms with Crippen LogP contribution in [0.4, 0.5) is 4.39 Å². The molecule has 2 aromatic heterocycles. The average Bonchev–Trinajstić information content (AvgIpc) is 3.24. The number of allylic oxidation sites excluding steroid dienone is 6. The van der Waals surface area contributed by atoms with Crippen molar-refractivity contribution in [1.29, 1.82) is 0 Å².